The van der Waals surface area contributed by atoms with E-state index < -0.39 is 0 Å². The van der Waals surface area contributed by atoms with Crippen molar-refractivity contribution < 1.29 is 4.42 Å². The number of halogens is 1. The molecular formula is C13H10ClNOS. The van der Waals surface area contributed by atoms with Gasteiger partial charge in [0, 0.05) is 10.4 Å². The number of rotatable bonds is 3. The molecule has 0 aliphatic rings. The zero-order chi connectivity index (χ0) is 11.7. The van der Waals surface area contributed by atoms with E-state index in [1.807, 2.05) is 6.07 Å². The average molecular weight is 264 g/mol. The maximum Gasteiger partial charge on any atom is 0.193 e. The van der Waals surface area contributed by atoms with Crippen LogP contribution in [0.4, 0.5) is 5.69 Å². The monoisotopic (exact) mass is 263 g/mol. The van der Waals surface area contributed by atoms with Crippen LogP contribution in [0.2, 0.25) is 5.22 Å². The molecule has 2 aromatic heterocycles. The molecule has 0 aliphatic carbocycles. The number of furan rings is 1. The smallest absolute Gasteiger partial charge is 0.193 e. The van der Waals surface area contributed by atoms with Crippen LogP contribution in [0.1, 0.15) is 5.76 Å². The van der Waals surface area contributed by atoms with Crippen LogP contribution in [0.15, 0.2) is 46.2 Å². The van der Waals surface area contributed by atoms with Crippen LogP contribution in [0, 0.1) is 0 Å². The Balaban J connectivity index is 1.76. The van der Waals surface area contributed by atoms with Crippen LogP contribution in [0.3, 0.4) is 0 Å². The largest absolute Gasteiger partial charge is 0.448 e. The summed E-state index contributed by atoms with van der Waals surface area (Å²) in [5.41, 5.74) is 1.09. The van der Waals surface area contributed by atoms with Gasteiger partial charge in [-0.15, -0.1) is 11.3 Å². The molecule has 0 unspecified atom stereocenters. The lowest BCUT2D eigenvalue weighted by Gasteiger charge is -2.04. The summed E-state index contributed by atoms with van der Waals surface area (Å²) in [6, 6.07) is 12.1. The van der Waals surface area contributed by atoms with Gasteiger partial charge in [0.2, 0.25) is 0 Å². The molecule has 0 saturated heterocycles. The molecule has 17 heavy (non-hydrogen) atoms. The summed E-state index contributed by atoms with van der Waals surface area (Å²) >= 11 is 7.46. The third kappa shape index (κ3) is 2.30. The molecule has 0 radical (unpaired) electrons. The topological polar surface area (TPSA) is 25.2 Å². The SMILES string of the molecule is Clc1ccc(CNc2ccc3sccc3c2)o1. The zero-order valence-corrected chi connectivity index (χ0v) is 10.5. The highest BCUT2D eigenvalue weighted by Gasteiger charge is 2.01. The Kier molecular flexibility index (Phi) is 2.79. The van der Waals surface area contributed by atoms with Gasteiger partial charge in [-0.1, -0.05) is 0 Å². The number of nitrogens with one attached hydrogen (secondary N) is 1. The van der Waals surface area contributed by atoms with E-state index in [0.717, 1.165) is 11.4 Å². The predicted molar refractivity (Wildman–Crippen MR) is 72.9 cm³/mol. The van der Waals surface area contributed by atoms with Crippen molar-refractivity contribution in [2.75, 3.05) is 5.32 Å². The Morgan fingerprint density at radius 2 is 2.12 bits per heavy atom. The lowest BCUT2D eigenvalue weighted by molar-refractivity contribution is 0.520. The van der Waals surface area contributed by atoms with Crippen molar-refractivity contribution in [3.05, 3.63) is 52.8 Å². The number of hydrogen-bond acceptors (Lipinski definition) is 3. The molecule has 0 amide bonds. The molecule has 0 bridgehead atoms. The summed E-state index contributed by atoms with van der Waals surface area (Å²) in [6.45, 7) is 0.641. The highest BCUT2D eigenvalue weighted by molar-refractivity contribution is 7.17. The van der Waals surface area contributed by atoms with Crippen LogP contribution in [0.5, 0.6) is 0 Å². The van der Waals surface area contributed by atoms with E-state index in [9.17, 15) is 0 Å². The van der Waals surface area contributed by atoms with Crippen molar-refractivity contribution in [3.8, 4) is 0 Å². The fraction of sp³-hybridized carbons (Fsp3) is 0.0769. The van der Waals surface area contributed by atoms with Gasteiger partial charge in [0.25, 0.3) is 0 Å². The van der Waals surface area contributed by atoms with Gasteiger partial charge in [0.1, 0.15) is 5.76 Å². The van der Waals surface area contributed by atoms with Crippen LogP contribution in [-0.4, -0.2) is 0 Å². The molecule has 0 fully saturated rings. The number of hydrogen-bond donors (Lipinski definition) is 1. The molecule has 0 atom stereocenters. The van der Waals surface area contributed by atoms with Crippen LogP contribution >= 0.6 is 22.9 Å². The minimum atomic E-state index is 0.426. The number of benzene rings is 1. The van der Waals surface area contributed by atoms with Crippen LogP contribution < -0.4 is 5.32 Å². The average Bonchev–Trinajstić information content (AvgIpc) is 2.94. The molecule has 86 valence electrons. The van der Waals surface area contributed by atoms with Crippen molar-refractivity contribution in [1.29, 1.82) is 0 Å². The summed E-state index contributed by atoms with van der Waals surface area (Å²) < 4.78 is 6.59. The van der Waals surface area contributed by atoms with Crippen molar-refractivity contribution in [2.45, 2.75) is 6.54 Å². The highest BCUT2D eigenvalue weighted by Crippen LogP contribution is 2.24. The zero-order valence-electron chi connectivity index (χ0n) is 8.94. The Hall–Kier alpha value is -1.45. The molecule has 3 aromatic rings. The van der Waals surface area contributed by atoms with Gasteiger partial charge >= 0.3 is 0 Å². The second kappa shape index (κ2) is 4.43. The van der Waals surface area contributed by atoms with E-state index in [1.165, 1.54) is 10.1 Å². The first kappa shape index (κ1) is 10.7. The van der Waals surface area contributed by atoms with E-state index in [2.05, 4.69) is 35.0 Å². The Bertz CT molecular complexity index is 643. The second-order valence-corrected chi connectivity index (χ2v) is 5.05. The summed E-state index contributed by atoms with van der Waals surface area (Å²) in [4.78, 5) is 0. The maximum atomic E-state index is 5.71. The number of anilines is 1. The van der Waals surface area contributed by atoms with Crippen molar-refractivity contribution in [2.24, 2.45) is 0 Å². The van der Waals surface area contributed by atoms with Crippen molar-refractivity contribution in [3.63, 3.8) is 0 Å². The molecule has 4 heteroatoms. The van der Waals surface area contributed by atoms with E-state index in [0.29, 0.717) is 11.8 Å². The van der Waals surface area contributed by atoms with Gasteiger partial charge in [-0.3, -0.25) is 0 Å². The lowest BCUT2D eigenvalue weighted by Crippen LogP contribution is -1.97. The summed E-state index contributed by atoms with van der Waals surface area (Å²) in [6.07, 6.45) is 0. The Morgan fingerprint density at radius 1 is 1.18 bits per heavy atom. The normalized spacial score (nSPS) is 10.9. The molecule has 0 saturated carbocycles. The highest BCUT2D eigenvalue weighted by atomic mass is 35.5. The van der Waals surface area contributed by atoms with Gasteiger partial charge < -0.3 is 9.73 Å². The van der Waals surface area contributed by atoms with E-state index in [4.69, 9.17) is 16.0 Å². The molecular weight excluding hydrogens is 254 g/mol. The Morgan fingerprint density at radius 3 is 2.94 bits per heavy atom. The molecule has 1 N–H and O–H groups in total. The van der Waals surface area contributed by atoms with E-state index in [-0.39, 0.29) is 0 Å². The van der Waals surface area contributed by atoms with Crippen molar-refractivity contribution >= 4 is 38.7 Å². The number of fused-ring (bicyclic) bond motifs is 1. The summed E-state index contributed by atoms with van der Waals surface area (Å²) in [5.74, 6) is 0.834. The number of thiophene rings is 1. The molecule has 2 nitrogen and oxygen atoms in total. The maximum absolute atomic E-state index is 5.71. The second-order valence-electron chi connectivity index (χ2n) is 3.73. The van der Waals surface area contributed by atoms with Crippen LogP contribution in [0.25, 0.3) is 10.1 Å². The van der Waals surface area contributed by atoms with Gasteiger partial charge in [-0.25, -0.2) is 0 Å². The van der Waals surface area contributed by atoms with E-state index >= 15 is 0 Å². The first-order valence-electron chi connectivity index (χ1n) is 5.26. The molecule has 2 heterocycles. The minimum Gasteiger partial charge on any atom is -0.448 e. The van der Waals surface area contributed by atoms with Gasteiger partial charge in [0.15, 0.2) is 5.22 Å². The van der Waals surface area contributed by atoms with Crippen LogP contribution in [-0.2, 0) is 6.54 Å². The van der Waals surface area contributed by atoms with Gasteiger partial charge in [-0.2, -0.15) is 0 Å². The van der Waals surface area contributed by atoms with Crippen molar-refractivity contribution in [1.82, 2.24) is 0 Å². The fourth-order valence-corrected chi connectivity index (χ4v) is 2.65. The molecule has 0 aliphatic heterocycles. The predicted octanol–water partition coefficient (Wildman–Crippen LogP) is 4.76. The first-order chi connectivity index (χ1) is 8.31. The third-order valence-electron chi connectivity index (χ3n) is 2.55. The third-order valence-corrected chi connectivity index (χ3v) is 3.65. The summed E-state index contributed by atoms with van der Waals surface area (Å²) in [7, 11) is 0. The molecule has 1 aromatic carbocycles. The first-order valence-corrected chi connectivity index (χ1v) is 6.52. The Labute approximate surface area is 108 Å². The molecule has 3 rings (SSSR count). The summed E-state index contributed by atoms with van der Waals surface area (Å²) in [5, 5.41) is 7.09. The minimum absolute atomic E-state index is 0.426. The van der Waals surface area contributed by atoms with E-state index in [1.54, 1.807) is 17.4 Å². The lowest BCUT2D eigenvalue weighted by atomic mass is 10.2. The standard InChI is InChI=1S/C13H10ClNOS/c14-13-4-2-11(16-13)8-15-10-1-3-12-9(7-10)5-6-17-12/h1-7,15H,8H2. The van der Waals surface area contributed by atoms with Gasteiger partial charge in [-0.05, 0) is 58.8 Å². The molecule has 0 spiro atoms. The fourth-order valence-electron chi connectivity index (χ4n) is 1.71. The quantitative estimate of drug-likeness (QED) is 0.737. The van der Waals surface area contributed by atoms with Gasteiger partial charge in [0.05, 0.1) is 6.54 Å².